The summed E-state index contributed by atoms with van der Waals surface area (Å²) in [7, 11) is 0. The van der Waals surface area contributed by atoms with Crippen LogP contribution in [0.5, 0.6) is 6.01 Å². The molecule has 0 amide bonds. The number of aliphatic hydroxyl groups is 1. The molecule has 2 unspecified atom stereocenters. The minimum atomic E-state index is 0.159. The van der Waals surface area contributed by atoms with Crippen LogP contribution in [0.15, 0.2) is 36.4 Å². The lowest BCUT2D eigenvalue weighted by atomic mass is 9.90. The molecule has 3 saturated heterocycles. The molecule has 1 aromatic heterocycles. The number of anilines is 2. The molecule has 3 fully saturated rings. The smallest absolute Gasteiger partial charge is 0.318 e. The Hall–Kier alpha value is -2.90. The second-order valence-corrected chi connectivity index (χ2v) is 13.1. The highest BCUT2D eigenvalue weighted by Gasteiger charge is 2.45. The second-order valence-electron chi connectivity index (χ2n) is 13.1. The van der Waals surface area contributed by atoms with Gasteiger partial charge in [0.15, 0.2) is 0 Å². The minimum absolute atomic E-state index is 0.159. The third kappa shape index (κ3) is 4.95. The van der Waals surface area contributed by atoms with Crippen LogP contribution in [0.1, 0.15) is 62.8 Å². The maximum absolute atomic E-state index is 10.1. The van der Waals surface area contributed by atoms with E-state index in [1.54, 1.807) is 0 Å². The Bertz CT molecular complexity index is 1390. The summed E-state index contributed by atoms with van der Waals surface area (Å²) >= 11 is 0. The number of ether oxygens (including phenoxy) is 1. The molecule has 0 radical (unpaired) electrons. The molecule has 5 heterocycles. The number of aromatic nitrogens is 2. The number of aryl methyl sites for hydroxylation is 1. The predicted octanol–water partition coefficient (Wildman–Crippen LogP) is 5.22. The Morgan fingerprint density at radius 3 is 2.59 bits per heavy atom. The van der Waals surface area contributed by atoms with Crippen molar-refractivity contribution in [1.29, 1.82) is 0 Å². The van der Waals surface area contributed by atoms with Crippen molar-refractivity contribution in [2.45, 2.75) is 70.9 Å². The van der Waals surface area contributed by atoms with Crippen molar-refractivity contribution in [3.8, 4) is 6.01 Å². The standard InChI is InChI=1S/C34H45N5O2/c1-3-26-8-4-9-27-10-5-11-30(31(26)27)37-17-12-28-29(21-37)35-33(41-23-34-13-6-15-39(34)16-7-14-34)36-32(28)38-19-24(2)18-25(20-38)22-40/h4-5,8-11,24-25,40H,3,6-7,12-23H2,1-2H3. The van der Waals surface area contributed by atoms with Gasteiger partial charge in [0.25, 0.3) is 0 Å². The fraction of sp³-hybridized carbons (Fsp3) is 0.588. The molecule has 41 heavy (non-hydrogen) atoms. The summed E-state index contributed by atoms with van der Waals surface area (Å²) in [4.78, 5) is 17.8. The Kier molecular flexibility index (Phi) is 7.28. The average Bonchev–Trinajstić information content (AvgIpc) is 3.59. The average molecular weight is 556 g/mol. The van der Waals surface area contributed by atoms with E-state index >= 15 is 0 Å². The lowest BCUT2D eigenvalue weighted by Gasteiger charge is -2.39. The number of fused-ring (bicyclic) bond motifs is 3. The molecule has 1 N–H and O–H groups in total. The van der Waals surface area contributed by atoms with Crippen LogP contribution in [0, 0.1) is 11.8 Å². The van der Waals surface area contributed by atoms with Gasteiger partial charge in [-0.25, -0.2) is 0 Å². The van der Waals surface area contributed by atoms with Crippen LogP contribution < -0.4 is 14.5 Å². The Morgan fingerprint density at radius 1 is 1.00 bits per heavy atom. The van der Waals surface area contributed by atoms with Crippen molar-refractivity contribution in [1.82, 2.24) is 14.9 Å². The van der Waals surface area contributed by atoms with Gasteiger partial charge in [0.1, 0.15) is 12.4 Å². The molecular weight excluding hydrogens is 510 g/mol. The summed E-state index contributed by atoms with van der Waals surface area (Å²) in [6, 6.07) is 13.9. The molecule has 3 aromatic rings. The third-order valence-corrected chi connectivity index (χ3v) is 10.3. The number of piperidine rings is 1. The fourth-order valence-corrected chi connectivity index (χ4v) is 8.32. The van der Waals surface area contributed by atoms with Gasteiger partial charge in [-0.1, -0.05) is 44.2 Å². The van der Waals surface area contributed by atoms with E-state index in [9.17, 15) is 5.11 Å². The number of aliphatic hydroxyl groups excluding tert-OH is 1. The minimum Gasteiger partial charge on any atom is -0.461 e. The van der Waals surface area contributed by atoms with Crippen LogP contribution in [-0.2, 0) is 19.4 Å². The van der Waals surface area contributed by atoms with E-state index < -0.39 is 0 Å². The predicted molar refractivity (Wildman–Crippen MR) is 165 cm³/mol. The monoisotopic (exact) mass is 555 g/mol. The van der Waals surface area contributed by atoms with Crippen LogP contribution >= 0.6 is 0 Å². The number of hydrogen-bond donors (Lipinski definition) is 1. The molecule has 2 atom stereocenters. The van der Waals surface area contributed by atoms with Crippen molar-refractivity contribution < 1.29 is 9.84 Å². The van der Waals surface area contributed by atoms with Crippen molar-refractivity contribution in [2.75, 3.05) is 55.7 Å². The summed E-state index contributed by atoms with van der Waals surface area (Å²) in [5, 5.41) is 12.7. The molecule has 7 rings (SSSR count). The van der Waals surface area contributed by atoms with Gasteiger partial charge in [0, 0.05) is 42.9 Å². The van der Waals surface area contributed by atoms with Gasteiger partial charge < -0.3 is 19.6 Å². The summed E-state index contributed by atoms with van der Waals surface area (Å²) in [6.07, 6.45) is 7.92. The molecule has 4 aliphatic heterocycles. The zero-order valence-corrected chi connectivity index (χ0v) is 24.8. The Balaban J connectivity index is 1.24. The highest BCUT2D eigenvalue weighted by Crippen LogP contribution is 2.40. The maximum atomic E-state index is 10.1. The first-order chi connectivity index (χ1) is 20.1. The van der Waals surface area contributed by atoms with E-state index in [-0.39, 0.29) is 18.1 Å². The van der Waals surface area contributed by atoms with Crippen molar-refractivity contribution in [3.05, 3.63) is 53.2 Å². The van der Waals surface area contributed by atoms with Crippen LogP contribution in [0.3, 0.4) is 0 Å². The van der Waals surface area contributed by atoms with Gasteiger partial charge in [-0.3, -0.25) is 4.90 Å². The van der Waals surface area contributed by atoms with Crippen LogP contribution in [0.4, 0.5) is 11.5 Å². The zero-order chi connectivity index (χ0) is 28.0. The van der Waals surface area contributed by atoms with E-state index in [1.165, 1.54) is 66.4 Å². The molecule has 0 spiro atoms. The van der Waals surface area contributed by atoms with E-state index in [4.69, 9.17) is 14.7 Å². The zero-order valence-electron chi connectivity index (χ0n) is 24.8. The van der Waals surface area contributed by atoms with E-state index in [1.807, 2.05) is 0 Å². The van der Waals surface area contributed by atoms with Gasteiger partial charge in [0.05, 0.1) is 17.8 Å². The number of nitrogens with zero attached hydrogens (tertiary/aromatic N) is 5. The first-order valence-corrected chi connectivity index (χ1v) is 16.0. The molecule has 7 nitrogen and oxygen atoms in total. The van der Waals surface area contributed by atoms with E-state index in [0.29, 0.717) is 18.5 Å². The highest BCUT2D eigenvalue weighted by molar-refractivity contribution is 5.97. The molecule has 218 valence electrons. The molecule has 7 heteroatoms. The second kappa shape index (κ2) is 11.1. The lowest BCUT2D eigenvalue weighted by molar-refractivity contribution is 0.107. The Labute approximate surface area is 244 Å². The summed E-state index contributed by atoms with van der Waals surface area (Å²) < 4.78 is 6.56. The highest BCUT2D eigenvalue weighted by atomic mass is 16.5. The van der Waals surface area contributed by atoms with E-state index in [2.05, 4.69) is 64.9 Å². The molecule has 0 saturated carbocycles. The van der Waals surface area contributed by atoms with Crippen LogP contribution in [0.2, 0.25) is 0 Å². The largest absolute Gasteiger partial charge is 0.461 e. The first kappa shape index (κ1) is 27.0. The number of hydrogen-bond acceptors (Lipinski definition) is 7. The number of benzene rings is 2. The van der Waals surface area contributed by atoms with Crippen molar-refractivity contribution in [3.63, 3.8) is 0 Å². The quantitative estimate of drug-likeness (QED) is 0.429. The fourth-order valence-electron chi connectivity index (χ4n) is 8.32. The normalized spacial score (nSPS) is 24.1. The number of rotatable bonds is 7. The third-order valence-electron chi connectivity index (χ3n) is 10.3. The summed E-state index contributed by atoms with van der Waals surface area (Å²) in [5.41, 5.74) is 5.20. The summed E-state index contributed by atoms with van der Waals surface area (Å²) in [5.74, 6) is 1.83. The van der Waals surface area contributed by atoms with Crippen LogP contribution in [0.25, 0.3) is 10.8 Å². The van der Waals surface area contributed by atoms with E-state index in [0.717, 1.165) is 57.0 Å². The molecule has 0 aliphatic carbocycles. The van der Waals surface area contributed by atoms with Crippen molar-refractivity contribution in [2.24, 2.45) is 11.8 Å². The van der Waals surface area contributed by atoms with Gasteiger partial charge in [-0.05, 0) is 86.9 Å². The topological polar surface area (TPSA) is 65.0 Å². The first-order valence-electron chi connectivity index (χ1n) is 16.0. The SMILES string of the molecule is CCc1cccc2cccc(N3CCc4c(nc(OCC56CCCN5CCC6)nc4N4CC(C)CC(CO)C4)C3)c12. The molecule has 0 bridgehead atoms. The molecule has 2 aromatic carbocycles. The van der Waals surface area contributed by atoms with Gasteiger partial charge in [0.2, 0.25) is 0 Å². The maximum Gasteiger partial charge on any atom is 0.318 e. The lowest BCUT2D eigenvalue weighted by Crippen LogP contribution is -2.44. The summed E-state index contributed by atoms with van der Waals surface area (Å²) in [6.45, 7) is 11.3. The van der Waals surface area contributed by atoms with Gasteiger partial charge in [-0.15, -0.1) is 0 Å². The van der Waals surface area contributed by atoms with Crippen LogP contribution in [-0.4, -0.2) is 71.5 Å². The Morgan fingerprint density at radius 2 is 1.80 bits per heavy atom. The van der Waals surface area contributed by atoms with Crippen molar-refractivity contribution >= 4 is 22.3 Å². The molecular formula is C34H45N5O2. The molecule has 4 aliphatic rings. The van der Waals surface area contributed by atoms with Gasteiger partial charge in [-0.2, -0.15) is 9.97 Å². The van der Waals surface area contributed by atoms with Gasteiger partial charge >= 0.3 is 6.01 Å².